The van der Waals surface area contributed by atoms with Crippen LogP contribution in [0.1, 0.15) is 26.7 Å². The molecule has 0 radical (unpaired) electrons. The molecule has 0 aliphatic heterocycles. The first kappa shape index (κ1) is 15.4. The molecule has 0 aliphatic carbocycles. The molecule has 0 N–H and O–H groups in total. The van der Waals surface area contributed by atoms with Crippen LogP contribution in [0.25, 0.3) is 0 Å². The average Bonchev–Trinajstić information content (AvgIpc) is 2.18. The number of rotatable bonds is 8. The topological polar surface area (TPSA) is 0 Å². The van der Waals surface area contributed by atoms with Crippen LogP contribution in [-0.2, 0) is 0 Å². The van der Waals surface area contributed by atoms with Crippen molar-refractivity contribution in [3.8, 4) is 0 Å². The quantitative estimate of drug-likeness (QED) is 0.284. The lowest BCUT2D eigenvalue weighted by atomic mass is 10.2. The molecular formula is C12H24S2Si. The van der Waals surface area contributed by atoms with E-state index in [-0.39, 0.29) is 9.52 Å². The Kier molecular flexibility index (Phi) is 11.2. The average molecular weight is 261 g/mol. The Morgan fingerprint density at radius 3 is 1.67 bits per heavy atom. The molecule has 15 heavy (non-hydrogen) atoms. The Labute approximate surface area is 108 Å². The molecule has 0 aliphatic rings. The van der Waals surface area contributed by atoms with Crippen molar-refractivity contribution in [1.29, 1.82) is 0 Å². The van der Waals surface area contributed by atoms with E-state index in [0.29, 0.717) is 0 Å². The largest absolute Gasteiger partial charge is 0.179 e. The second kappa shape index (κ2) is 10.9. The fourth-order valence-corrected chi connectivity index (χ4v) is 3.71. The van der Waals surface area contributed by atoms with Gasteiger partial charge in [-0.15, -0.1) is 0 Å². The zero-order valence-electron chi connectivity index (χ0n) is 10.00. The zero-order chi connectivity index (χ0) is 11.5. The molecule has 88 valence electrons. The molecule has 0 saturated heterocycles. The predicted molar refractivity (Wildman–Crippen MR) is 82.6 cm³/mol. The van der Waals surface area contributed by atoms with Gasteiger partial charge < -0.3 is 0 Å². The van der Waals surface area contributed by atoms with Crippen molar-refractivity contribution in [2.45, 2.75) is 38.8 Å². The van der Waals surface area contributed by atoms with Crippen LogP contribution < -0.4 is 0 Å². The highest BCUT2D eigenvalue weighted by Gasteiger charge is 1.90. The lowest BCUT2D eigenvalue weighted by Crippen LogP contribution is -1.87. The van der Waals surface area contributed by atoms with Crippen molar-refractivity contribution in [3.63, 3.8) is 0 Å². The summed E-state index contributed by atoms with van der Waals surface area (Å²) in [5, 5.41) is 0. The van der Waals surface area contributed by atoms with Gasteiger partial charge in [-0.3, -0.25) is 0 Å². The van der Waals surface area contributed by atoms with Gasteiger partial charge in [0.1, 0.15) is 0 Å². The first-order valence-corrected chi connectivity index (χ1v) is 9.00. The van der Waals surface area contributed by atoms with Gasteiger partial charge in [0.25, 0.3) is 0 Å². The molecule has 0 amide bonds. The summed E-state index contributed by atoms with van der Waals surface area (Å²) >= 11 is 8.45. The molecule has 0 heterocycles. The first-order valence-electron chi connectivity index (χ1n) is 5.73. The van der Waals surface area contributed by atoms with Crippen LogP contribution in [0.3, 0.4) is 0 Å². The van der Waals surface area contributed by atoms with Crippen LogP contribution >= 0.6 is 25.3 Å². The van der Waals surface area contributed by atoms with Crippen LogP contribution in [-0.4, -0.2) is 21.0 Å². The molecule has 0 bridgehead atoms. The highest BCUT2D eigenvalue weighted by atomic mass is 32.1. The molecule has 0 atom stereocenters. The van der Waals surface area contributed by atoms with Crippen LogP contribution in [0.5, 0.6) is 0 Å². The Hall–Kier alpha value is 0.397. The van der Waals surface area contributed by atoms with E-state index in [1.165, 1.54) is 23.2 Å². The summed E-state index contributed by atoms with van der Waals surface area (Å²) in [5.41, 5.74) is 3.02. The molecule has 3 heteroatoms. The van der Waals surface area contributed by atoms with E-state index < -0.39 is 0 Å². The minimum absolute atomic E-state index is 0.0891. The van der Waals surface area contributed by atoms with Gasteiger partial charge in [-0.05, 0) is 50.3 Å². The highest BCUT2D eigenvalue weighted by molar-refractivity contribution is 7.80. The van der Waals surface area contributed by atoms with Gasteiger partial charge in [0, 0.05) is 9.52 Å². The number of thiol groups is 2. The van der Waals surface area contributed by atoms with E-state index in [2.05, 4.69) is 51.3 Å². The molecule has 0 aromatic heterocycles. The molecule has 0 aromatic carbocycles. The Bertz CT molecular complexity index is 188. The number of hydrogen-bond donors (Lipinski definition) is 2. The smallest absolute Gasteiger partial charge is 0.0281 e. The summed E-state index contributed by atoms with van der Waals surface area (Å²) < 4.78 is 0. The summed E-state index contributed by atoms with van der Waals surface area (Å²) in [4.78, 5) is 0. The fraction of sp³-hybridized carbons (Fsp3) is 0.667. The van der Waals surface area contributed by atoms with Gasteiger partial charge in [-0.25, -0.2) is 0 Å². The zero-order valence-corrected chi connectivity index (χ0v) is 13.2. The van der Waals surface area contributed by atoms with E-state index >= 15 is 0 Å². The third-order valence-electron chi connectivity index (χ3n) is 2.41. The van der Waals surface area contributed by atoms with E-state index in [4.69, 9.17) is 0 Å². The Morgan fingerprint density at radius 2 is 1.33 bits per heavy atom. The van der Waals surface area contributed by atoms with Crippen molar-refractivity contribution < 1.29 is 0 Å². The molecule has 0 spiro atoms. The predicted octanol–water partition coefficient (Wildman–Crippen LogP) is 3.52. The van der Waals surface area contributed by atoms with Crippen molar-refractivity contribution in [3.05, 3.63) is 23.3 Å². The van der Waals surface area contributed by atoms with E-state index in [0.717, 1.165) is 24.3 Å². The summed E-state index contributed by atoms with van der Waals surface area (Å²) in [5.74, 6) is 1.95. The van der Waals surface area contributed by atoms with Crippen molar-refractivity contribution in [2.75, 3.05) is 11.5 Å². The highest BCUT2D eigenvalue weighted by Crippen LogP contribution is 2.05. The standard InChI is InChI=1S/C12H24S2Si/c1-11(3-7-13)5-9-15-10-6-12(2)4-8-14/h5-6,13-14H,3-4,7-10,15H2,1-2H3. The number of allylic oxidation sites excluding steroid dienone is 4. The Morgan fingerprint density at radius 1 is 0.933 bits per heavy atom. The third-order valence-corrected chi connectivity index (χ3v) is 4.25. The van der Waals surface area contributed by atoms with Crippen LogP contribution in [0.15, 0.2) is 23.3 Å². The molecule has 0 fully saturated rings. The van der Waals surface area contributed by atoms with Gasteiger partial charge in [-0.2, -0.15) is 25.3 Å². The van der Waals surface area contributed by atoms with Crippen molar-refractivity contribution in [2.24, 2.45) is 0 Å². The van der Waals surface area contributed by atoms with Gasteiger partial charge in [0.2, 0.25) is 0 Å². The maximum absolute atomic E-state index is 4.23. The van der Waals surface area contributed by atoms with Crippen molar-refractivity contribution in [1.82, 2.24) is 0 Å². The van der Waals surface area contributed by atoms with Gasteiger partial charge in [0.05, 0.1) is 0 Å². The Balaban J connectivity index is 3.54. The molecule has 0 nitrogen and oxygen atoms in total. The van der Waals surface area contributed by atoms with E-state index in [1.54, 1.807) is 0 Å². The molecule has 0 aromatic rings. The summed E-state index contributed by atoms with van der Waals surface area (Å²) in [6.07, 6.45) is 7.10. The SMILES string of the molecule is CC(=CC[SiH2]CC=C(C)CCS)CCS. The summed E-state index contributed by atoms with van der Waals surface area (Å²) in [7, 11) is 0.0891. The maximum atomic E-state index is 4.23. The van der Waals surface area contributed by atoms with Crippen LogP contribution in [0.2, 0.25) is 12.1 Å². The summed E-state index contributed by atoms with van der Waals surface area (Å²) in [6.45, 7) is 4.43. The van der Waals surface area contributed by atoms with Gasteiger partial charge >= 0.3 is 0 Å². The fourth-order valence-electron chi connectivity index (χ4n) is 1.37. The number of hydrogen-bond acceptors (Lipinski definition) is 2. The third kappa shape index (κ3) is 10.7. The molecule has 0 unspecified atom stereocenters. The van der Waals surface area contributed by atoms with Gasteiger partial charge in [0.15, 0.2) is 0 Å². The molecular weight excluding hydrogens is 236 g/mol. The molecule has 0 saturated carbocycles. The van der Waals surface area contributed by atoms with Crippen LogP contribution in [0, 0.1) is 0 Å². The second-order valence-electron chi connectivity index (χ2n) is 3.98. The summed E-state index contributed by atoms with van der Waals surface area (Å²) in [6, 6.07) is 2.68. The first-order chi connectivity index (χ1) is 7.20. The maximum Gasteiger partial charge on any atom is 0.0281 e. The normalized spacial score (nSPS) is 14.1. The van der Waals surface area contributed by atoms with Gasteiger partial charge in [-0.1, -0.05) is 23.3 Å². The van der Waals surface area contributed by atoms with Crippen LogP contribution in [0.4, 0.5) is 0 Å². The molecule has 0 rings (SSSR count). The van der Waals surface area contributed by atoms with E-state index in [1.807, 2.05) is 0 Å². The lowest BCUT2D eigenvalue weighted by molar-refractivity contribution is 1.11. The van der Waals surface area contributed by atoms with E-state index in [9.17, 15) is 0 Å². The lowest BCUT2D eigenvalue weighted by Gasteiger charge is -1.98. The monoisotopic (exact) mass is 260 g/mol. The minimum Gasteiger partial charge on any atom is -0.179 e. The second-order valence-corrected chi connectivity index (χ2v) is 6.74. The minimum atomic E-state index is 0.0891. The van der Waals surface area contributed by atoms with Crippen molar-refractivity contribution >= 4 is 34.8 Å².